The molecule has 0 aromatic heterocycles. The second-order valence-corrected chi connectivity index (χ2v) is 4.66. The van der Waals surface area contributed by atoms with Crippen LogP contribution in [0.4, 0.5) is 0 Å². The maximum atomic E-state index is 10.9. The highest BCUT2D eigenvalue weighted by atomic mass is 32.2. The Hall–Kier alpha value is -0.260. The molecule has 3 N–H and O–H groups in total. The molecule has 0 spiro atoms. The van der Waals surface area contributed by atoms with Crippen molar-refractivity contribution in [3.05, 3.63) is 0 Å². The standard InChI is InChI=1S/C9H19NO3S/c1-6(2)9(10)7(4-11)14-5-8(12)13-3/h6-7,9,11H,4-5,10H2,1-3H3. The fraction of sp³-hybridized carbons (Fsp3) is 0.889. The van der Waals surface area contributed by atoms with Crippen molar-refractivity contribution in [2.24, 2.45) is 11.7 Å². The molecule has 4 nitrogen and oxygen atoms in total. The summed E-state index contributed by atoms with van der Waals surface area (Å²) in [5.74, 6) is 0.240. The molecule has 5 heteroatoms. The van der Waals surface area contributed by atoms with Gasteiger partial charge in [0.05, 0.1) is 19.5 Å². The van der Waals surface area contributed by atoms with Gasteiger partial charge in [0.1, 0.15) is 0 Å². The first-order chi connectivity index (χ1) is 6.52. The molecule has 0 fully saturated rings. The van der Waals surface area contributed by atoms with Crippen LogP contribution in [0.3, 0.4) is 0 Å². The van der Waals surface area contributed by atoms with E-state index in [2.05, 4.69) is 4.74 Å². The molecule has 84 valence electrons. The zero-order chi connectivity index (χ0) is 11.1. The Morgan fingerprint density at radius 2 is 2.14 bits per heavy atom. The van der Waals surface area contributed by atoms with Gasteiger partial charge >= 0.3 is 5.97 Å². The molecule has 0 aliphatic carbocycles. The van der Waals surface area contributed by atoms with Crippen LogP contribution in [0.15, 0.2) is 0 Å². The predicted octanol–water partition coefficient (Wildman–Crippen LogP) is 0.237. The van der Waals surface area contributed by atoms with Crippen molar-refractivity contribution in [2.75, 3.05) is 19.5 Å². The van der Waals surface area contributed by atoms with Gasteiger partial charge in [0, 0.05) is 11.3 Å². The first-order valence-corrected chi connectivity index (χ1v) is 5.62. The van der Waals surface area contributed by atoms with Gasteiger partial charge in [-0.1, -0.05) is 13.8 Å². The first-order valence-electron chi connectivity index (χ1n) is 4.57. The molecule has 0 saturated carbocycles. The number of aliphatic hydroxyl groups excluding tert-OH is 1. The fourth-order valence-corrected chi connectivity index (χ4v) is 2.06. The van der Waals surface area contributed by atoms with E-state index in [4.69, 9.17) is 10.8 Å². The Labute approximate surface area is 89.2 Å². The minimum absolute atomic E-state index is 0.0129. The molecule has 0 aliphatic heterocycles. The van der Waals surface area contributed by atoms with Crippen molar-refractivity contribution >= 4 is 17.7 Å². The lowest BCUT2D eigenvalue weighted by atomic mass is 10.0. The monoisotopic (exact) mass is 221 g/mol. The fourth-order valence-electron chi connectivity index (χ4n) is 0.949. The summed E-state index contributed by atoms with van der Waals surface area (Å²) in [5.41, 5.74) is 5.87. The molecule has 2 unspecified atom stereocenters. The van der Waals surface area contributed by atoms with Gasteiger partial charge in [0.25, 0.3) is 0 Å². The summed E-state index contributed by atoms with van der Waals surface area (Å²) < 4.78 is 4.50. The largest absolute Gasteiger partial charge is 0.468 e. The predicted molar refractivity (Wildman–Crippen MR) is 58.2 cm³/mol. The molecule has 0 radical (unpaired) electrons. The highest BCUT2D eigenvalue weighted by Gasteiger charge is 2.21. The molecular formula is C9H19NO3S. The molecule has 0 aliphatic rings. The second kappa shape index (κ2) is 7.09. The van der Waals surface area contributed by atoms with Gasteiger partial charge in [0.2, 0.25) is 0 Å². The van der Waals surface area contributed by atoms with Crippen molar-refractivity contribution in [1.82, 2.24) is 0 Å². The molecule has 14 heavy (non-hydrogen) atoms. The van der Waals surface area contributed by atoms with Gasteiger partial charge in [-0.3, -0.25) is 4.79 Å². The SMILES string of the molecule is COC(=O)CSC(CO)C(N)C(C)C. The summed E-state index contributed by atoms with van der Waals surface area (Å²) in [5, 5.41) is 8.98. The molecule has 0 rings (SSSR count). The zero-order valence-corrected chi connectivity index (χ0v) is 9.71. The van der Waals surface area contributed by atoms with E-state index in [1.54, 1.807) is 0 Å². The quantitative estimate of drug-likeness (QED) is 0.628. The molecule has 2 atom stereocenters. The van der Waals surface area contributed by atoms with Crippen LogP contribution in [-0.4, -0.2) is 41.8 Å². The highest BCUT2D eigenvalue weighted by Crippen LogP contribution is 2.18. The van der Waals surface area contributed by atoms with E-state index < -0.39 is 0 Å². The van der Waals surface area contributed by atoms with E-state index in [0.717, 1.165) is 0 Å². The number of methoxy groups -OCH3 is 1. The zero-order valence-electron chi connectivity index (χ0n) is 8.90. The highest BCUT2D eigenvalue weighted by molar-refractivity contribution is 8.00. The van der Waals surface area contributed by atoms with Crippen molar-refractivity contribution in [3.8, 4) is 0 Å². The summed E-state index contributed by atoms with van der Waals surface area (Å²) in [7, 11) is 1.35. The lowest BCUT2D eigenvalue weighted by molar-refractivity contribution is -0.137. The number of nitrogens with two attached hydrogens (primary N) is 1. The van der Waals surface area contributed by atoms with Gasteiger partial charge in [-0.25, -0.2) is 0 Å². The van der Waals surface area contributed by atoms with Crippen LogP contribution in [-0.2, 0) is 9.53 Å². The Morgan fingerprint density at radius 3 is 2.50 bits per heavy atom. The number of ether oxygens (including phenoxy) is 1. The Bertz CT molecular complexity index is 175. The van der Waals surface area contributed by atoms with Crippen molar-refractivity contribution in [3.63, 3.8) is 0 Å². The van der Waals surface area contributed by atoms with E-state index in [9.17, 15) is 4.79 Å². The molecule has 0 aromatic carbocycles. The van der Waals surface area contributed by atoms with Crippen molar-refractivity contribution in [1.29, 1.82) is 0 Å². The summed E-state index contributed by atoms with van der Waals surface area (Å²) in [6.45, 7) is 3.97. The number of esters is 1. The van der Waals surface area contributed by atoms with Crippen molar-refractivity contribution < 1.29 is 14.6 Å². The number of rotatable bonds is 6. The van der Waals surface area contributed by atoms with E-state index in [0.29, 0.717) is 0 Å². The minimum atomic E-state index is -0.288. The average Bonchev–Trinajstić information content (AvgIpc) is 2.17. The number of thioether (sulfide) groups is 1. The molecule has 0 aromatic rings. The van der Waals surface area contributed by atoms with Crippen LogP contribution >= 0.6 is 11.8 Å². The lowest BCUT2D eigenvalue weighted by Gasteiger charge is -2.24. The van der Waals surface area contributed by atoms with E-state index >= 15 is 0 Å². The number of carbonyl (C=O) groups is 1. The van der Waals surface area contributed by atoms with Crippen LogP contribution < -0.4 is 5.73 Å². The summed E-state index contributed by atoms with van der Waals surface area (Å²) >= 11 is 1.34. The third-order valence-electron chi connectivity index (χ3n) is 2.02. The average molecular weight is 221 g/mol. The minimum Gasteiger partial charge on any atom is -0.468 e. The normalized spacial score (nSPS) is 15.3. The summed E-state index contributed by atoms with van der Waals surface area (Å²) in [6, 6.07) is -0.102. The molecule has 0 amide bonds. The van der Waals surface area contributed by atoms with Crippen LogP contribution in [0.5, 0.6) is 0 Å². The number of aliphatic hydroxyl groups is 1. The van der Waals surface area contributed by atoms with E-state index in [-0.39, 0.29) is 35.5 Å². The Kier molecular flexibility index (Phi) is 6.96. The van der Waals surface area contributed by atoms with Gasteiger partial charge in [-0.05, 0) is 5.92 Å². The van der Waals surface area contributed by atoms with Crippen molar-refractivity contribution in [2.45, 2.75) is 25.1 Å². The van der Waals surface area contributed by atoms with Crippen LogP contribution in [0, 0.1) is 5.92 Å². The molecule has 0 bridgehead atoms. The van der Waals surface area contributed by atoms with Crippen LogP contribution in [0.1, 0.15) is 13.8 Å². The molecular weight excluding hydrogens is 202 g/mol. The summed E-state index contributed by atoms with van der Waals surface area (Å²) in [6.07, 6.45) is 0. The third kappa shape index (κ3) is 4.83. The number of hydrogen-bond donors (Lipinski definition) is 2. The molecule has 0 heterocycles. The molecule has 0 saturated heterocycles. The number of carbonyl (C=O) groups excluding carboxylic acids is 1. The van der Waals surface area contributed by atoms with E-state index in [1.165, 1.54) is 18.9 Å². The van der Waals surface area contributed by atoms with Gasteiger partial charge < -0.3 is 15.6 Å². The van der Waals surface area contributed by atoms with E-state index in [1.807, 2.05) is 13.8 Å². The smallest absolute Gasteiger partial charge is 0.315 e. The van der Waals surface area contributed by atoms with Crippen LogP contribution in [0.2, 0.25) is 0 Å². The Morgan fingerprint density at radius 1 is 1.57 bits per heavy atom. The summed E-state index contributed by atoms with van der Waals surface area (Å²) in [4.78, 5) is 10.9. The second-order valence-electron chi connectivity index (χ2n) is 3.43. The maximum Gasteiger partial charge on any atom is 0.315 e. The van der Waals surface area contributed by atoms with Gasteiger partial charge in [0.15, 0.2) is 0 Å². The lowest BCUT2D eigenvalue weighted by Crippen LogP contribution is -2.40. The Balaban J connectivity index is 3.96. The first kappa shape index (κ1) is 13.7. The van der Waals surface area contributed by atoms with Gasteiger partial charge in [-0.15, -0.1) is 11.8 Å². The third-order valence-corrected chi connectivity index (χ3v) is 3.32. The maximum absolute atomic E-state index is 10.9. The van der Waals surface area contributed by atoms with Gasteiger partial charge in [-0.2, -0.15) is 0 Å². The number of hydrogen-bond acceptors (Lipinski definition) is 5. The topological polar surface area (TPSA) is 72.5 Å². The van der Waals surface area contributed by atoms with Crippen LogP contribution in [0.25, 0.3) is 0 Å².